The summed E-state index contributed by atoms with van der Waals surface area (Å²) in [5, 5.41) is 4.93. The summed E-state index contributed by atoms with van der Waals surface area (Å²) in [5.41, 5.74) is 4.70. The van der Waals surface area contributed by atoms with E-state index in [2.05, 4.69) is 54.1 Å². The maximum Gasteiger partial charge on any atom is 0.261 e. The van der Waals surface area contributed by atoms with E-state index < -0.39 is 0 Å². The zero-order valence-corrected chi connectivity index (χ0v) is 20.2. The van der Waals surface area contributed by atoms with E-state index in [1.54, 1.807) is 0 Å². The molecule has 172 valence electrons. The number of benzene rings is 2. The third-order valence-electron chi connectivity index (χ3n) is 5.90. The summed E-state index contributed by atoms with van der Waals surface area (Å²) >= 11 is 1.47. The molecule has 0 aliphatic heterocycles. The third-order valence-corrected chi connectivity index (χ3v) is 6.77. The highest BCUT2D eigenvalue weighted by molar-refractivity contribution is 7.12. The highest BCUT2D eigenvalue weighted by Crippen LogP contribution is 2.20. The number of unbranched alkanes of at least 4 members (excludes halogenated alkanes) is 2. The zero-order valence-electron chi connectivity index (χ0n) is 19.3. The van der Waals surface area contributed by atoms with Gasteiger partial charge in [0, 0.05) is 13.0 Å². The largest absolute Gasteiger partial charge is 0.492 e. The average molecular weight is 462 g/mol. The molecular weight excluding hydrogens is 430 g/mol. The summed E-state index contributed by atoms with van der Waals surface area (Å²) in [6, 6.07) is 18.3. The first kappa shape index (κ1) is 23.1. The highest BCUT2D eigenvalue weighted by atomic mass is 32.1. The van der Waals surface area contributed by atoms with Gasteiger partial charge in [-0.05, 0) is 73.5 Å². The van der Waals surface area contributed by atoms with Gasteiger partial charge in [-0.15, -0.1) is 11.3 Å². The number of nitrogens with zero attached hydrogens (tertiary/aromatic N) is 2. The lowest BCUT2D eigenvalue weighted by molar-refractivity contribution is 0.0957. The molecule has 0 bridgehead atoms. The van der Waals surface area contributed by atoms with E-state index in [9.17, 15) is 4.79 Å². The number of nitrogens with one attached hydrogen (secondary N) is 1. The topological polar surface area (TPSA) is 56.1 Å². The van der Waals surface area contributed by atoms with Gasteiger partial charge >= 0.3 is 0 Å². The molecule has 6 heteroatoms. The van der Waals surface area contributed by atoms with Crippen molar-refractivity contribution >= 4 is 28.3 Å². The van der Waals surface area contributed by atoms with Crippen LogP contribution in [-0.4, -0.2) is 28.6 Å². The minimum atomic E-state index is 0.0237. The second-order valence-electron chi connectivity index (χ2n) is 8.31. The number of carbonyl (C=O) groups is 1. The molecule has 5 nitrogen and oxygen atoms in total. The Hall–Kier alpha value is -3.12. The number of aryl methyl sites for hydroxylation is 3. The van der Waals surface area contributed by atoms with Gasteiger partial charge in [-0.3, -0.25) is 4.79 Å². The van der Waals surface area contributed by atoms with Crippen molar-refractivity contribution in [1.82, 2.24) is 14.9 Å². The Kier molecular flexibility index (Phi) is 7.79. The molecule has 2 aromatic carbocycles. The molecule has 0 radical (unpaired) electrons. The van der Waals surface area contributed by atoms with Crippen LogP contribution in [0.25, 0.3) is 11.0 Å². The second-order valence-corrected chi connectivity index (χ2v) is 9.25. The molecule has 2 aromatic heterocycles. The summed E-state index contributed by atoms with van der Waals surface area (Å²) in [6.45, 7) is 6.29. The van der Waals surface area contributed by atoms with E-state index in [4.69, 9.17) is 9.72 Å². The second kappa shape index (κ2) is 11.1. The molecule has 0 atom stereocenters. The number of thiophene rings is 1. The smallest absolute Gasteiger partial charge is 0.261 e. The maximum absolute atomic E-state index is 12.0. The van der Waals surface area contributed by atoms with Crippen molar-refractivity contribution < 1.29 is 9.53 Å². The highest BCUT2D eigenvalue weighted by Gasteiger charge is 2.11. The molecule has 2 heterocycles. The number of ether oxygens (including phenoxy) is 1. The predicted octanol–water partition coefficient (Wildman–Crippen LogP) is 5.94. The molecule has 1 amide bonds. The van der Waals surface area contributed by atoms with Crippen molar-refractivity contribution in [3.63, 3.8) is 0 Å². The van der Waals surface area contributed by atoms with Crippen molar-refractivity contribution in [2.75, 3.05) is 13.2 Å². The van der Waals surface area contributed by atoms with Crippen LogP contribution < -0.4 is 10.1 Å². The van der Waals surface area contributed by atoms with Gasteiger partial charge < -0.3 is 14.6 Å². The molecule has 33 heavy (non-hydrogen) atoms. The third kappa shape index (κ3) is 6.02. The van der Waals surface area contributed by atoms with Crippen molar-refractivity contribution in [1.29, 1.82) is 0 Å². The Bertz CT molecular complexity index is 1200. The van der Waals surface area contributed by atoms with Gasteiger partial charge in [0.15, 0.2) is 0 Å². The van der Waals surface area contributed by atoms with Gasteiger partial charge in [-0.1, -0.05) is 30.7 Å². The monoisotopic (exact) mass is 461 g/mol. The van der Waals surface area contributed by atoms with Crippen LogP contribution in [0.4, 0.5) is 0 Å². The molecule has 4 rings (SSSR count). The van der Waals surface area contributed by atoms with Crippen LogP contribution in [-0.2, 0) is 13.0 Å². The number of rotatable bonds is 11. The van der Waals surface area contributed by atoms with Gasteiger partial charge in [0.1, 0.15) is 18.2 Å². The number of imidazole rings is 1. The summed E-state index contributed by atoms with van der Waals surface area (Å²) in [5.74, 6) is 2.03. The Morgan fingerprint density at radius 2 is 1.91 bits per heavy atom. The lowest BCUT2D eigenvalue weighted by Crippen LogP contribution is -2.23. The molecular formula is C27H31N3O2S. The number of fused-ring (bicyclic) bond motifs is 1. The standard InChI is InChI=1S/C27H31N3O2S/c1-20-13-14-22(19-21(20)2)32-17-16-30-24-10-6-5-9-23(24)29-26(30)12-4-3-7-15-28-27(31)25-11-8-18-33-25/h5-6,8-11,13-14,18-19H,3-4,7,12,15-17H2,1-2H3,(H,28,31). The number of hydrogen-bond donors (Lipinski definition) is 1. The summed E-state index contributed by atoms with van der Waals surface area (Å²) in [7, 11) is 0. The molecule has 0 saturated carbocycles. The fourth-order valence-electron chi connectivity index (χ4n) is 3.91. The lowest BCUT2D eigenvalue weighted by Gasteiger charge is -2.12. The molecule has 1 N–H and O–H groups in total. The van der Waals surface area contributed by atoms with E-state index in [0.717, 1.165) is 59.7 Å². The molecule has 0 saturated heterocycles. The van der Waals surface area contributed by atoms with E-state index in [1.165, 1.54) is 22.5 Å². The quantitative estimate of drug-likeness (QED) is 0.281. The Labute approximate surface area is 199 Å². The van der Waals surface area contributed by atoms with Crippen LogP contribution in [0.2, 0.25) is 0 Å². The Morgan fingerprint density at radius 1 is 1.03 bits per heavy atom. The first-order valence-electron chi connectivity index (χ1n) is 11.6. The van der Waals surface area contributed by atoms with Crippen molar-refractivity contribution in [3.8, 4) is 5.75 Å². The number of hydrogen-bond acceptors (Lipinski definition) is 4. The van der Waals surface area contributed by atoms with Gasteiger partial charge in [0.2, 0.25) is 0 Å². The van der Waals surface area contributed by atoms with E-state index >= 15 is 0 Å². The Morgan fingerprint density at radius 3 is 2.73 bits per heavy atom. The number of para-hydroxylation sites is 2. The summed E-state index contributed by atoms with van der Waals surface area (Å²) in [4.78, 5) is 17.7. The van der Waals surface area contributed by atoms with Crippen molar-refractivity contribution in [2.45, 2.75) is 46.1 Å². The van der Waals surface area contributed by atoms with E-state index in [0.29, 0.717) is 13.2 Å². The Balaban J connectivity index is 1.29. The molecule has 0 fully saturated rings. The van der Waals surface area contributed by atoms with Crippen LogP contribution in [0.3, 0.4) is 0 Å². The van der Waals surface area contributed by atoms with Crippen molar-refractivity contribution in [3.05, 3.63) is 81.8 Å². The first-order valence-corrected chi connectivity index (χ1v) is 12.5. The minimum Gasteiger partial charge on any atom is -0.492 e. The van der Waals surface area contributed by atoms with Gasteiger partial charge in [-0.25, -0.2) is 4.98 Å². The van der Waals surface area contributed by atoms with Crippen LogP contribution in [0.5, 0.6) is 5.75 Å². The normalized spacial score (nSPS) is 11.1. The fourth-order valence-corrected chi connectivity index (χ4v) is 4.55. The minimum absolute atomic E-state index is 0.0237. The molecule has 0 unspecified atom stereocenters. The number of aromatic nitrogens is 2. The molecule has 4 aromatic rings. The maximum atomic E-state index is 12.0. The molecule has 0 aliphatic rings. The van der Waals surface area contributed by atoms with Gasteiger partial charge in [0.05, 0.1) is 22.5 Å². The summed E-state index contributed by atoms with van der Waals surface area (Å²) < 4.78 is 8.33. The van der Waals surface area contributed by atoms with Gasteiger partial charge in [-0.2, -0.15) is 0 Å². The molecule has 0 aliphatic carbocycles. The predicted molar refractivity (Wildman–Crippen MR) is 135 cm³/mol. The van der Waals surface area contributed by atoms with Gasteiger partial charge in [0.25, 0.3) is 5.91 Å². The number of amides is 1. The van der Waals surface area contributed by atoms with E-state index in [1.807, 2.05) is 29.6 Å². The van der Waals surface area contributed by atoms with Crippen LogP contribution in [0.1, 0.15) is 45.9 Å². The first-order chi connectivity index (χ1) is 16.1. The van der Waals surface area contributed by atoms with Crippen LogP contribution >= 0.6 is 11.3 Å². The average Bonchev–Trinajstić information content (AvgIpc) is 3.47. The van der Waals surface area contributed by atoms with E-state index in [-0.39, 0.29) is 5.91 Å². The van der Waals surface area contributed by atoms with Crippen LogP contribution in [0.15, 0.2) is 60.0 Å². The lowest BCUT2D eigenvalue weighted by atomic mass is 10.1. The number of carbonyl (C=O) groups excluding carboxylic acids is 1. The zero-order chi connectivity index (χ0) is 23.0. The van der Waals surface area contributed by atoms with Crippen LogP contribution in [0, 0.1) is 13.8 Å². The summed E-state index contributed by atoms with van der Waals surface area (Å²) in [6.07, 6.45) is 3.97. The van der Waals surface area contributed by atoms with Crippen molar-refractivity contribution in [2.24, 2.45) is 0 Å². The SMILES string of the molecule is Cc1ccc(OCCn2c(CCCCCNC(=O)c3cccs3)nc3ccccc32)cc1C. The fraction of sp³-hybridized carbons (Fsp3) is 0.333. The molecule has 0 spiro atoms.